The van der Waals surface area contributed by atoms with Gasteiger partial charge in [-0.05, 0) is 17.7 Å². The monoisotopic (exact) mass is 296 g/mol. The van der Waals surface area contributed by atoms with Crippen molar-refractivity contribution >= 4 is 35.6 Å². The van der Waals surface area contributed by atoms with Gasteiger partial charge < -0.3 is 10.1 Å². The normalized spacial score (nSPS) is 10.1. The summed E-state index contributed by atoms with van der Waals surface area (Å²) < 4.78 is 4.65. The molecule has 7 heteroatoms. The number of amides is 3. The summed E-state index contributed by atoms with van der Waals surface area (Å²) in [7, 11) is 1.36. The zero-order valence-electron chi connectivity index (χ0n) is 10.7. The number of nitrogens with one attached hydrogen (secondary N) is 2. The summed E-state index contributed by atoms with van der Waals surface area (Å²) in [4.78, 5) is 33.3. The van der Waals surface area contributed by atoms with Crippen LogP contribution in [0.4, 0.5) is 4.79 Å². The Hall–Kier alpha value is -2.34. The molecule has 0 spiro atoms. The first kappa shape index (κ1) is 15.7. The van der Waals surface area contributed by atoms with Crippen molar-refractivity contribution in [3.63, 3.8) is 0 Å². The molecule has 0 aliphatic carbocycles. The molecule has 0 heterocycles. The molecule has 0 aliphatic heterocycles. The molecular formula is C13H13ClN2O4. The van der Waals surface area contributed by atoms with Crippen LogP contribution < -0.4 is 10.6 Å². The quantitative estimate of drug-likeness (QED) is 0.649. The van der Waals surface area contributed by atoms with E-state index in [0.717, 1.165) is 6.08 Å². The van der Waals surface area contributed by atoms with Crippen molar-refractivity contribution in [1.82, 2.24) is 10.6 Å². The Balaban J connectivity index is 2.43. The minimum atomic E-state index is -0.719. The lowest BCUT2D eigenvalue weighted by molar-refractivity contribution is -0.143. The van der Waals surface area contributed by atoms with Crippen molar-refractivity contribution in [3.8, 4) is 0 Å². The van der Waals surface area contributed by atoms with Crippen LogP contribution in [0.2, 0.25) is 5.02 Å². The van der Waals surface area contributed by atoms with Gasteiger partial charge in [0.1, 0.15) is 0 Å². The topological polar surface area (TPSA) is 84.5 Å². The van der Waals surface area contributed by atoms with Gasteiger partial charge in [0.05, 0.1) is 0 Å². The molecule has 1 rings (SSSR count). The Morgan fingerprint density at radius 2 is 2.00 bits per heavy atom. The van der Waals surface area contributed by atoms with Gasteiger partial charge in [-0.1, -0.05) is 29.8 Å². The second-order valence-corrected chi connectivity index (χ2v) is 4.00. The molecule has 0 unspecified atom stereocenters. The van der Waals surface area contributed by atoms with Gasteiger partial charge in [0.2, 0.25) is 0 Å². The minimum absolute atomic E-state index is 0.494. The first-order valence-corrected chi connectivity index (χ1v) is 6.01. The maximum absolute atomic E-state index is 11.4. The number of halogens is 1. The van der Waals surface area contributed by atoms with E-state index < -0.39 is 24.5 Å². The van der Waals surface area contributed by atoms with E-state index in [1.165, 1.54) is 13.1 Å². The second-order valence-electron chi connectivity index (χ2n) is 3.59. The molecule has 0 aliphatic rings. The van der Waals surface area contributed by atoms with Crippen molar-refractivity contribution < 1.29 is 19.1 Å². The van der Waals surface area contributed by atoms with E-state index >= 15 is 0 Å². The Morgan fingerprint density at radius 1 is 1.30 bits per heavy atom. The average Bonchev–Trinajstić information content (AvgIpc) is 2.44. The van der Waals surface area contributed by atoms with Crippen LogP contribution in [-0.4, -0.2) is 31.6 Å². The lowest BCUT2D eigenvalue weighted by atomic mass is 10.2. The molecule has 0 bridgehead atoms. The fourth-order valence-corrected chi connectivity index (χ4v) is 1.38. The Bertz CT molecular complexity index is 543. The molecule has 3 amide bonds. The van der Waals surface area contributed by atoms with Crippen LogP contribution in [0.25, 0.3) is 6.08 Å². The fraction of sp³-hybridized carbons (Fsp3) is 0.154. The van der Waals surface area contributed by atoms with E-state index in [9.17, 15) is 14.4 Å². The molecular weight excluding hydrogens is 284 g/mol. The predicted molar refractivity (Wildman–Crippen MR) is 74.0 cm³/mol. The second kappa shape index (κ2) is 7.96. The van der Waals surface area contributed by atoms with Crippen LogP contribution in [0.15, 0.2) is 30.3 Å². The Morgan fingerprint density at radius 3 is 2.65 bits per heavy atom. The molecule has 0 atom stereocenters. The van der Waals surface area contributed by atoms with Gasteiger partial charge in [-0.15, -0.1) is 0 Å². The Kier molecular flexibility index (Phi) is 6.25. The van der Waals surface area contributed by atoms with E-state index in [4.69, 9.17) is 11.6 Å². The van der Waals surface area contributed by atoms with Crippen LogP contribution in [0.3, 0.4) is 0 Å². The Labute approximate surface area is 120 Å². The molecule has 0 aromatic heterocycles. The number of imide groups is 1. The van der Waals surface area contributed by atoms with Gasteiger partial charge in [-0.3, -0.25) is 10.1 Å². The standard InChI is InChI=1S/C13H13ClN2O4/c1-15-13(19)16-11(17)8-20-12(18)7-6-9-4-2-3-5-10(9)14/h2-7H,8H2,1H3,(H2,15,16,17,19)/b7-6+. The van der Waals surface area contributed by atoms with E-state index in [1.807, 2.05) is 5.32 Å². The third-order valence-corrected chi connectivity index (χ3v) is 2.47. The largest absolute Gasteiger partial charge is 0.452 e. The summed E-state index contributed by atoms with van der Waals surface area (Å²) in [6, 6.07) is 6.28. The van der Waals surface area contributed by atoms with E-state index in [1.54, 1.807) is 24.3 Å². The summed E-state index contributed by atoms with van der Waals surface area (Å²) in [5, 5.41) is 4.65. The molecule has 20 heavy (non-hydrogen) atoms. The maximum atomic E-state index is 11.4. The lowest BCUT2D eigenvalue weighted by Gasteiger charge is -2.03. The van der Waals surface area contributed by atoms with Gasteiger partial charge >= 0.3 is 12.0 Å². The molecule has 0 saturated carbocycles. The van der Waals surface area contributed by atoms with E-state index in [-0.39, 0.29) is 0 Å². The summed E-state index contributed by atoms with van der Waals surface area (Å²) in [5.74, 6) is -1.43. The number of benzene rings is 1. The first-order valence-electron chi connectivity index (χ1n) is 5.64. The van der Waals surface area contributed by atoms with Gasteiger partial charge in [0.25, 0.3) is 5.91 Å². The summed E-state index contributed by atoms with van der Waals surface area (Å²) >= 11 is 5.90. The summed E-state index contributed by atoms with van der Waals surface area (Å²) in [5.41, 5.74) is 0.654. The number of esters is 1. The predicted octanol–water partition coefficient (Wildman–Crippen LogP) is 1.35. The highest BCUT2D eigenvalue weighted by Crippen LogP contribution is 2.16. The van der Waals surface area contributed by atoms with Crippen LogP contribution in [0.5, 0.6) is 0 Å². The molecule has 0 fully saturated rings. The van der Waals surface area contributed by atoms with Crippen molar-refractivity contribution in [1.29, 1.82) is 0 Å². The third kappa shape index (κ3) is 5.53. The highest BCUT2D eigenvalue weighted by molar-refractivity contribution is 6.32. The number of ether oxygens (including phenoxy) is 1. The van der Waals surface area contributed by atoms with Crippen LogP contribution >= 0.6 is 11.6 Å². The SMILES string of the molecule is CNC(=O)NC(=O)COC(=O)/C=C/c1ccccc1Cl. The molecule has 0 saturated heterocycles. The third-order valence-electron chi connectivity index (χ3n) is 2.13. The van der Waals surface area contributed by atoms with Gasteiger partial charge in [-0.25, -0.2) is 9.59 Å². The minimum Gasteiger partial charge on any atom is -0.452 e. The number of hydrogen-bond acceptors (Lipinski definition) is 4. The van der Waals surface area contributed by atoms with Crippen molar-refractivity contribution in [2.75, 3.05) is 13.7 Å². The summed E-state index contributed by atoms with van der Waals surface area (Å²) in [6.45, 7) is -0.543. The number of hydrogen-bond donors (Lipinski definition) is 2. The highest BCUT2D eigenvalue weighted by Gasteiger charge is 2.08. The maximum Gasteiger partial charge on any atom is 0.331 e. The number of urea groups is 1. The number of rotatable bonds is 4. The zero-order valence-corrected chi connectivity index (χ0v) is 11.4. The molecule has 0 radical (unpaired) electrons. The van der Waals surface area contributed by atoms with Crippen LogP contribution in [0.1, 0.15) is 5.56 Å². The fourth-order valence-electron chi connectivity index (χ4n) is 1.18. The van der Waals surface area contributed by atoms with E-state index in [0.29, 0.717) is 10.6 Å². The van der Waals surface area contributed by atoms with E-state index in [2.05, 4.69) is 10.1 Å². The lowest BCUT2D eigenvalue weighted by Crippen LogP contribution is -2.39. The van der Waals surface area contributed by atoms with Gasteiger partial charge in [0, 0.05) is 18.1 Å². The smallest absolute Gasteiger partial charge is 0.331 e. The zero-order chi connectivity index (χ0) is 15.0. The van der Waals surface area contributed by atoms with Gasteiger partial charge in [0.15, 0.2) is 6.61 Å². The van der Waals surface area contributed by atoms with Crippen molar-refractivity contribution in [2.45, 2.75) is 0 Å². The number of carbonyl (C=O) groups excluding carboxylic acids is 3. The molecule has 1 aromatic carbocycles. The van der Waals surface area contributed by atoms with Gasteiger partial charge in [-0.2, -0.15) is 0 Å². The van der Waals surface area contributed by atoms with Crippen LogP contribution in [-0.2, 0) is 14.3 Å². The van der Waals surface area contributed by atoms with Crippen LogP contribution in [0, 0.1) is 0 Å². The summed E-state index contributed by atoms with van der Waals surface area (Å²) in [6.07, 6.45) is 2.62. The average molecular weight is 297 g/mol. The van der Waals surface area contributed by atoms with Crippen molar-refractivity contribution in [2.24, 2.45) is 0 Å². The molecule has 106 valence electrons. The number of carbonyl (C=O) groups is 3. The molecule has 6 nitrogen and oxygen atoms in total. The molecule has 1 aromatic rings. The first-order chi connectivity index (χ1) is 9.52. The molecule has 2 N–H and O–H groups in total. The van der Waals surface area contributed by atoms with Crippen molar-refractivity contribution in [3.05, 3.63) is 40.9 Å². The highest BCUT2D eigenvalue weighted by atomic mass is 35.5.